The molecule has 4 heteroatoms. The molecule has 0 spiro atoms. The second-order valence-electron chi connectivity index (χ2n) is 1.38. The Morgan fingerprint density at radius 1 is 1.86 bits per heavy atom. The van der Waals surface area contributed by atoms with E-state index in [2.05, 4.69) is 4.84 Å². The summed E-state index contributed by atoms with van der Waals surface area (Å²) in [6.45, 7) is -0.0428. The normalized spacial score (nSPS) is 31.6. The quantitative estimate of drug-likeness (QED) is 0.357. The number of carbonyl (C=O) groups is 1. The van der Waals surface area contributed by atoms with Crippen molar-refractivity contribution in [3.8, 4) is 0 Å². The van der Waals surface area contributed by atoms with Crippen molar-refractivity contribution in [3.05, 3.63) is 5.21 Å². The molecule has 1 unspecified atom stereocenters. The fourth-order valence-electron chi connectivity index (χ4n) is 0.424. The van der Waals surface area contributed by atoms with Gasteiger partial charge in [-0.25, -0.2) is 5.23 Å². The molecule has 40 valence electrons. The van der Waals surface area contributed by atoms with Crippen molar-refractivity contribution < 1.29 is 14.9 Å². The predicted octanol–water partition coefficient (Wildman–Crippen LogP) is -2.12. The average Bonchev–Trinajstić information content (AvgIpc) is 1.87. The summed E-state index contributed by atoms with van der Waals surface area (Å²) in [6, 6.07) is 0. The summed E-state index contributed by atoms with van der Waals surface area (Å²) in [5.41, 5.74) is 0. The summed E-state index contributed by atoms with van der Waals surface area (Å²) in [5, 5.41) is 9.61. The van der Waals surface area contributed by atoms with Crippen molar-refractivity contribution in [2.75, 3.05) is 13.2 Å². The molecular formula is C3H5NO3. The summed E-state index contributed by atoms with van der Waals surface area (Å²) >= 11 is 0. The van der Waals surface area contributed by atoms with Crippen LogP contribution in [-0.2, 0) is 9.63 Å². The second-order valence-corrected chi connectivity index (χ2v) is 1.38. The summed E-state index contributed by atoms with van der Waals surface area (Å²) in [4.78, 5) is 14.4. The van der Waals surface area contributed by atoms with Gasteiger partial charge in [0.05, 0.1) is 0 Å². The van der Waals surface area contributed by atoms with Crippen LogP contribution in [0.2, 0.25) is 0 Å². The fourth-order valence-corrected chi connectivity index (χ4v) is 0.424. The highest BCUT2D eigenvalue weighted by Gasteiger charge is 2.17. The van der Waals surface area contributed by atoms with Gasteiger partial charge in [0.25, 0.3) is 0 Å². The van der Waals surface area contributed by atoms with E-state index in [4.69, 9.17) is 0 Å². The third kappa shape index (κ3) is 0.957. The SMILES string of the molecule is O=C1CO[NH+]([O-])C1. The van der Waals surface area contributed by atoms with Crippen LogP contribution in [-0.4, -0.2) is 18.9 Å². The van der Waals surface area contributed by atoms with E-state index in [-0.39, 0.29) is 18.9 Å². The van der Waals surface area contributed by atoms with Crippen LogP contribution >= 0.6 is 0 Å². The summed E-state index contributed by atoms with van der Waals surface area (Å²) in [7, 11) is 0. The van der Waals surface area contributed by atoms with Gasteiger partial charge in [0.2, 0.25) is 5.78 Å². The molecule has 1 rings (SSSR count). The van der Waals surface area contributed by atoms with E-state index in [1.165, 1.54) is 0 Å². The van der Waals surface area contributed by atoms with Crippen LogP contribution in [0.4, 0.5) is 0 Å². The van der Waals surface area contributed by atoms with Gasteiger partial charge in [0.15, 0.2) is 13.2 Å². The second kappa shape index (κ2) is 1.57. The third-order valence-corrected chi connectivity index (χ3v) is 0.736. The van der Waals surface area contributed by atoms with Crippen LogP contribution < -0.4 is 5.23 Å². The minimum absolute atomic E-state index is 0.0150. The molecule has 0 saturated carbocycles. The summed E-state index contributed by atoms with van der Waals surface area (Å²) in [6.07, 6.45) is 0. The van der Waals surface area contributed by atoms with Crippen LogP contribution in [0.3, 0.4) is 0 Å². The van der Waals surface area contributed by atoms with E-state index in [1.807, 2.05) is 0 Å². The molecule has 0 aliphatic carbocycles. The number of hydrogen-bond donors (Lipinski definition) is 1. The largest absolute Gasteiger partial charge is 0.599 e. The standard InChI is InChI=1S/C3H5NO3/c5-3-1-4(6)7-2-3/h4H,1-2H2. The first-order valence-electron chi connectivity index (χ1n) is 1.96. The first-order chi connectivity index (χ1) is 3.29. The maximum atomic E-state index is 10.1. The molecule has 1 aliphatic rings. The van der Waals surface area contributed by atoms with Gasteiger partial charge >= 0.3 is 0 Å². The topological polar surface area (TPSA) is 53.8 Å². The van der Waals surface area contributed by atoms with Gasteiger partial charge in [-0.15, -0.1) is 0 Å². The number of quaternary nitrogens is 1. The molecule has 4 nitrogen and oxygen atoms in total. The molecule has 1 atom stereocenters. The van der Waals surface area contributed by atoms with E-state index in [1.54, 1.807) is 0 Å². The molecule has 0 aromatic rings. The third-order valence-electron chi connectivity index (χ3n) is 0.736. The van der Waals surface area contributed by atoms with Crippen LogP contribution in [0.15, 0.2) is 0 Å². The highest BCUT2D eigenvalue weighted by Crippen LogP contribution is 1.73. The predicted molar refractivity (Wildman–Crippen MR) is 20.2 cm³/mol. The Bertz CT molecular complexity index is 92.2. The monoisotopic (exact) mass is 103 g/mol. The first kappa shape index (κ1) is 4.70. The number of hydroxylamine groups is 2. The molecule has 1 aliphatic heterocycles. The number of nitrogens with one attached hydrogen (secondary N) is 1. The van der Waals surface area contributed by atoms with Crippen molar-refractivity contribution in [2.45, 2.75) is 0 Å². The molecule has 0 amide bonds. The maximum absolute atomic E-state index is 10.1. The van der Waals surface area contributed by atoms with Crippen LogP contribution in [0.1, 0.15) is 0 Å². The van der Waals surface area contributed by atoms with Crippen molar-refractivity contribution >= 4 is 5.78 Å². The lowest BCUT2D eigenvalue weighted by Crippen LogP contribution is -3.04. The van der Waals surface area contributed by atoms with Crippen molar-refractivity contribution in [1.82, 2.24) is 0 Å². The molecule has 7 heavy (non-hydrogen) atoms. The number of carbonyl (C=O) groups excluding carboxylic acids is 1. The van der Waals surface area contributed by atoms with Gasteiger partial charge < -0.3 is 5.21 Å². The first-order valence-corrected chi connectivity index (χ1v) is 1.96. The summed E-state index contributed by atoms with van der Waals surface area (Å²) in [5.74, 6) is -0.120. The van der Waals surface area contributed by atoms with Gasteiger partial charge in [0, 0.05) is 0 Å². The Balaban J connectivity index is 2.40. The van der Waals surface area contributed by atoms with E-state index in [9.17, 15) is 10.0 Å². The lowest BCUT2D eigenvalue weighted by molar-refractivity contribution is -1.03. The van der Waals surface area contributed by atoms with Gasteiger partial charge in [-0.2, -0.15) is 4.84 Å². The lowest BCUT2D eigenvalue weighted by atomic mass is 10.5. The van der Waals surface area contributed by atoms with Crippen LogP contribution in [0, 0.1) is 5.21 Å². The van der Waals surface area contributed by atoms with E-state index < -0.39 is 5.23 Å². The fraction of sp³-hybridized carbons (Fsp3) is 0.667. The highest BCUT2D eigenvalue weighted by atomic mass is 16.9. The maximum Gasteiger partial charge on any atom is 0.221 e. The summed E-state index contributed by atoms with van der Waals surface area (Å²) < 4.78 is 0. The van der Waals surface area contributed by atoms with Crippen molar-refractivity contribution in [1.29, 1.82) is 0 Å². The number of ketones is 1. The van der Waals surface area contributed by atoms with E-state index in [0.717, 1.165) is 0 Å². The lowest BCUT2D eigenvalue weighted by Gasteiger charge is -2.07. The zero-order chi connectivity index (χ0) is 5.28. The highest BCUT2D eigenvalue weighted by molar-refractivity contribution is 5.81. The Labute approximate surface area is 40.2 Å². The number of Topliss-reactive ketones (excluding diaryl/α,β-unsaturated/α-hetero) is 1. The van der Waals surface area contributed by atoms with Gasteiger partial charge in [0.1, 0.15) is 0 Å². The van der Waals surface area contributed by atoms with Crippen LogP contribution in [0.5, 0.6) is 0 Å². The number of hydrogen-bond acceptors (Lipinski definition) is 3. The molecule has 0 aromatic carbocycles. The van der Waals surface area contributed by atoms with Crippen LogP contribution in [0.25, 0.3) is 0 Å². The van der Waals surface area contributed by atoms with Crippen molar-refractivity contribution in [2.24, 2.45) is 0 Å². The Kier molecular flexibility index (Phi) is 1.06. The smallest absolute Gasteiger partial charge is 0.221 e. The molecule has 1 heterocycles. The molecule has 1 fully saturated rings. The Hall–Kier alpha value is -0.450. The molecule has 0 radical (unpaired) electrons. The molecule has 1 saturated heterocycles. The van der Waals surface area contributed by atoms with Gasteiger partial charge in [-0.05, 0) is 0 Å². The zero-order valence-electron chi connectivity index (χ0n) is 3.64. The van der Waals surface area contributed by atoms with Gasteiger partial charge in [-0.1, -0.05) is 0 Å². The van der Waals surface area contributed by atoms with E-state index in [0.29, 0.717) is 0 Å². The van der Waals surface area contributed by atoms with E-state index >= 15 is 0 Å². The molecule has 1 N–H and O–H groups in total. The minimum atomic E-state index is -0.398. The molecular weight excluding hydrogens is 98.0 g/mol. The molecule has 0 bridgehead atoms. The Morgan fingerprint density at radius 2 is 2.57 bits per heavy atom. The zero-order valence-corrected chi connectivity index (χ0v) is 3.64. The molecule has 0 aromatic heterocycles. The number of rotatable bonds is 0. The minimum Gasteiger partial charge on any atom is -0.599 e. The van der Waals surface area contributed by atoms with Gasteiger partial charge in [-0.3, -0.25) is 4.79 Å². The van der Waals surface area contributed by atoms with Crippen molar-refractivity contribution in [3.63, 3.8) is 0 Å². The Morgan fingerprint density at radius 3 is 2.71 bits per heavy atom. The average molecular weight is 103 g/mol.